The van der Waals surface area contributed by atoms with Crippen molar-refractivity contribution in [2.75, 3.05) is 0 Å². The van der Waals surface area contributed by atoms with Crippen molar-refractivity contribution in [2.45, 2.75) is 24.2 Å². The van der Waals surface area contributed by atoms with Gasteiger partial charge in [0, 0.05) is 12.1 Å². The number of benzene rings is 2. The van der Waals surface area contributed by atoms with Crippen molar-refractivity contribution in [3.8, 4) is 11.5 Å². The van der Waals surface area contributed by atoms with Crippen LogP contribution < -0.4 is 14.2 Å². The average Bonchev–Trinajstić information content (AvgIpc) is 2.51. The first kappa shape index (κ1) is 20.8. The number of rotatable bonds is 6. The van der Waals surface area contributed by atoms with Gasteiger partial charge in [-0.3, -0.25) is 0 Å². The first-order chi connectivity index (χ1) is 12.4. The fourth-order valence-corrected chi connectivity index (χ4v) is 2.96. The third-order valence-corrected chi connectivity index (χ3v) is 4.44. The van der Waals surface area contributed by atoms with E-state index in [1.807, 2.05) is 4.72 Å². The number of para-hydroxylation sites is 1. The Kier molecular flexibility index (Phi) is 5.90. The lowest BCUT2D eigenvalue weighted by Crippen LogP contribution is -2.24. The van der Waals surface area contributed by atoms with Gasteiger partial charge >= 0.3 is 12.7 Å². The van der Waals surface area contributed by atoms with Gasteiger partial charge in [-0.25, -0.2) is 13.1 Å². The van der Waals surface area contributed by atoms with Crippen LogP contribution in [-0.2, 0) is 16.6 Å². The maximum absolute atomic E-state index is 12.4. The van der Waals surface area contributed by atoms with Crippen molar-refractivity contribution in [3.63, 3.8) is 0 Å². The van der Waals surface area contributed by atoms with E-state index in [1.54, 1.807) is 0 Å². The topological polar surface area (TPSA) is 64.6 Å². The summed E-state index contributed by atoms with van der Waals surface area (Å²) < 4.78 is 107. The Morgan fingerprint density at radius 3 is 1.93 bits per heavy atom. The smallest absolute Gasteiger partial charge is 0.406 e. The molecule has 1 N–H and O–H groups in total. The summed E-state index contributed by atoms with van der Waals surface area (Å²) in [6.45, 7) is -0.532. The number of halogens is 6. The van der Waals surface area contributed by atoms with Crippen LogP contribution in [0.1, 0.15) is 5.56 Å². The molecule has 148 valence electrons. The Hall–Kier alpha value is -2.47. The molecule has 2 aromatic carbocycles. The average molecular weight is 415 g/mol. The molecule has 0 heterocycles. The van der Waals surface area contributed by atoms with Crippen molar-refractivity contribution >= 4 is 10.0 Å². The summed E-state index contributed by atoms with van der Waals surface area (Å²) in [5, 5.41) is 0. The number of alkyl halides is 6. The van der Waals surface area contributed by atoms with Crippen LogP contribution >= 0.6 is 0 Å². The molecule has 0 aliphatic carbocycles. The molecule has 0 aliphatic heterocycles. The van der Waals surface area contributed by atoms with Gasteiger partial charge in [-0.1, -0.05) is 18.2 Å². The Bertz CT molecular complexity index is 878. The number of nitrogens with one attached hydrogen (secondary N) is 1. The summed E-state index contributed by atoms with van der Waals surface area (Å²) in [6, 6.07) is 8.22. The Morgan fingerprint density at radius 2 is 1.37 bits per heavy atom. The molecule has 0 radical (unpaired) electrons. The standard InChI is InChI=1S/C15H11F6NO4S/c16-14(17,18)25-11-5-7-12(8-6-11)27(23,24)22-9-10-3-1-2-4-13(10)26-15(19,20)21/h1-8,22H,9H2. The number of hydrogen-bond acceptors (Lipinski definition) is 4. The van der Waals surface area contributed by atoms with Gasteiger partial charge in [0.1, 0.15) is 11.5 Å². The van der Waals surface area contributed by atoms with E-state index in [9.17, 15) is 34.8 Å². The lowest BCUT2D eigenvalue weighted by molar-refractivity contribution is -0.275. The molecule has 27 heavy (non-hydrogen) atoms. The van der Waals surface area contributed by atoms with Crippen LogP contribution in [0.5, 0.6) is 11.5 Å². The zero-order valence-electron chi connectivity index (χ0n) is 13.1. The molecular weight excluding hydrogens is 404 g/mol. The highest BCUT2D eigenvalue weighted by Crippen LogP contribution is 2.27. The van der Waals surface area contributed by atoms with Gasteiger partial charge in [0.15, 0.2) is 0 Å². The van der Waals surface area contributed by atoms with Gasteiger partial charge in [0.2, 0.25) is 10.0 Å². The molecule has 5 nitrogen and oxygen atoms in total. The van der Waals surface area contributed by atoms with Crippen LogP contribution in [0.15, 0.2) is 53.4 Å². The maximum Gasteiger partial charge on any atom is 0.573 e. The van der Waals surface area contributed by atoms with Gasteiger partial charge in [0.05, 0.1) is 4.90 Å². The monoisotopic (exact) mass is 415 g/mol. The lowest BCUT2D eigenvalue weighted by atomic mass is 10.2. The number of ether oxygens (including phenoxy) is 2. The van der Waals surface area contributed by atoms with E-state index in [2.05, 4.69) is 9.47 Å². The van der Waals surface area contributed by atoms with E-state index in [-0.39, 0.29) is 5.56 Å². The lowest BCUT2D eigenvalue weighted by Gasteiger charge is -2.14. The van der Waals surface area contributed by atoms with Crippen LogP contribution in [0.2, 0.25) is 0 Å². The van der Waals surface area contributed by atoms with E-state index >= 15 is 0 Å². The van der Waals surface area contributed by atoms with E-state index in [1.165, 1.54) is 18.2 Å². The first-order valence-electron chi connectivity index (χ1n) is 7.05. The molecule has 0 aromatic heterocycles. The van der Waals surface area contributed by atoms with Crippen LogP contribution in [0.3, 0.4) is 0 Å². The van der Waals surface area contributed by atoms with Crippen LogP contribution in [0.4, 0.5) is 26.3 Å². The third-order valence-electron chi connectivity index (χ3n) is 3.02. The number of sulfonamides is 1. The molecule has 0 saturated heterocycles. The molecule has 0 amide bonds. The summed E-state index contributed by atoms with van der Waals surface area (Å²) in [7, 11) is -4.20. The third kappa shape index (κ3) is 6.64. The summed E-state index contributed by atoms with van der Waals surface area (Å²) >= 11 is 0. The van der Waals surface area contributed by atoms with E-state index < -0.39 is 45.7 Å². The van der Waals surface area contributed by atoms with Gasteiger partial charge in [-0.15, -0.1) is 26.3 Å². The Balaban J connectivity index is 2.12. The second kappa shape index (κ2) is 7.64. The van der Waals surface area contributed by atoms with E-state index in [4.69, 9.17) is 0 Å². The van der Waals surface area contributed by atoms with Gasteiger partial charge in [-0.05, 0) is 30.3 Å². The molecule has 0 bridgehead atoms. The largest absolute Gasteiger partial charge is 0.573 e. The van der Waals surface area contributed by atoms with Gasteiger partial charge in [0.25, 0.3) is 0 Å². The zero-order valence-corrected chi connectivity index (χ0v) is 14.0. The molecule has 2 aromatic rings. The van der Waals surface area contributed by atoms with Crippen molar-refractivity contribution in [3.05, 3.63) is 54.1 Å². The van der Waals surface area contributed by atoms with Gasteiger partial charge in [-0.2, -0.15) is 0 Å². The highest BCUT2D eigenvalue weighted by Gasteiger charge is 2.32. The molecule has 12 heteroatoms. The molecule has 0 aliphatic rings. The quantitative estimate of drug-likeness (QED) is 0.726. The Labute approximate surface area is 149 Å². The Morgan fingerprint density at radius 1 is 0.815 bits per heavy atom. The normalized spacial score (nSPS) is 12.7. The van der Waals surface area contributed by atoms with E-state index in [0.29, 0.717) is 0 Å². The van der Waals surface area contributed by atoms with Crippen LogP contribution in [-0.4, -0.2) is 21.1 Å². The minimum absolute atomic E-state index is 0.0876. The van der Waals surface area contributed by atoms with Crippen molar-refractivity contribution in [1.82, 2.24) is 4.72 Å². The minimum atomic E-state index is -4.96. The first-order valence-corrected chi connectivity index (χ1v) is 8.53. The second-order valence-electron chi connectivity index (χ2n) is 5.00. The molecule has 0 spiro atoms. The van der Waals surface area contributed by atoms with E-state index in [0.717, 1.165) is 30.3 Å². The summed E-state index contributed by atoms with van der Waals surface area (Å²) in [5.74, 6) is -1.20. The molecule has 0 atom stereocenters. The fourth-order valence-electron chi connectivity index (χ4n) is 1.95. The summed E-state index contributed by atoms with van der Waals surface area (Å²) in [6.07, 6.45) is -9.88. The zero-order chi connectivity index (χ0) is 20.3. The molecule has 0 saturated carbocycles. The second-order valence-corrected chi connectivity index (χ2v) is 6.77. The van der Waals surface area contributed by atoms with Crippen molar-refractivity contribution in [2.24, 2.45) is 0 Å². The highest BCUT2D eigenvalue weighted by molar-refractivity contribution is 7.89. The molecule has 0 unspecified atom stereocenters. The van der Waals surface area contributed by atoms with Crippen molar-refractivity contribution in [1.29, 1.82) is 0 Å². The van der Waals surface area contributed by atoms with Crippen molar-refractivity contribution < 1.29 is 44.2 Å². The highest BCUT2D eigenvalue weighted by atomic mass is 32.2. The van der Waals surface area contributed by atoms with Crippen LogP contribution in [0.25, 0.3) is 0 Å². The minimum Gasteiger partial charge on any atom is -0.406 e. The predicted octanol–water partition coefficient (Wildman–Crippen LogP) is 3.96. The van der Waals surface area contributed by atoms with Gasteiger partial charge < -0.3 is 9.47 Å². The molecular formula is C15H11F6NO4S. The SMILES string of the molecule is O=S(=O)(NCc1ccccc1OC(F)(F)F)c1ccc(OC(F)(F)F)cc1. The maximum atomic E-state index is 12.4. The summed E-state index contributed by atoms with van der Waals surface area (Å²) in [5.41, 5.74) is -0.0876. The predicted molar refractivity (Wildman–Crippen MR) is 80.3 cm³/mol. The summed E-state index contributed by atoms with van der Waals surface area (Å²) in [4.78, 5) is -0.397. The fraction of sp³-hybridized carbons (Fsp3) is 0.200. The molecule has 2 rings (SSSR count). The van der Waals surface area contributed by atoms with Crippen LogP contribution in [0, 0.1) is 0 Å². The number of hydrogen-bond donors (Lipinski definition) is 1. The molecule has 0 fully saturated rings.